The van der Waals surface area contributed by atoms with Gasteiger partial charge < -0.3 is 17.5 Å². The zero-order chi connectivity index (χ0) is 9.61. The van der Waals surface area contributed by atoms with Gasteiger partial charge in [0.15, 0.2) is 6.23 Å². The van der Waals surface area contributed by atoms with E-state index < -0.39 is 0 Å². The van der Waals surface area contributed by atoms with Gasteiger partial charge in [0.05, 0.1) is 20.1 Å². The van der Waals surface area contributed by atoms with Crippen molar-refractivity contribution < 1.29 is 22.0 Å². The van der Waals surface area contributed by atoms with Gasteiger partial charge in [-0.3, -0.25) is 4.48 Å². The third kappa shape index (κ3) is 4.46. The zero-order valence-electron chi connectivity index (χ0n) is 8.54. The SMILES string of the molecule is C=CCC(O)[N+](C)(CC)CC=C.[Cl-]. The van der Waals surface area contributed by atoms with Gasteiger partial charge in [0.25, 0.3) is 0 Å². The van der Waals surface area contributed by atoms with E-state index in [4.69, 9.17) is 0 Å². The summed E-state index contributed by atoms with van der Waals surface area (Å²) in [4.78, 5) is 0. The lowest BCUT2D eigenvalue weighted by molar-refractivity contribution is -0.947. The highest BCUT2D eigenvalue weighted by Gasteiger charge is 2.26. The minimum absolute atomic E-state index is 0. The lowest BCUT2D eigenvalue weighted by Gasteiger charge is -2.36. The molecule has 0 amide bonds. The van der Waals surface area contributed by atoms with Gasteiger partial charge in [-0.2, -0.15) is 0 Å². The Morgan fingerprint density at radius 2 is 1.92 bits per heavy atom. The molecule has 0 rings (SSSR count). The minimum Gasteiger partial charge on any atom is -1.00 e. The average Bonchev–Trinajstić information content (AvgIpc) is 2.05. The van der Waals surface area contributed by atoms with Crippen molar-refractivity contribution in [3.63, 3.8) is 0 Å². The Morgan fingerprint density at radius 1 is 1.38 bits per heavy atom. The molecule has 0 aliphatic carbocycles. The van der Waals surface area contributed by atoms with E-state index in [0.29, 0.717) is 10.9 Å². The van der Waals surface area contributed by atoms with E-state index in [1.54, 1.807) is 6.08 Å². The van der Waals surface area contributed by atoms with Gasteiger partial charge in [-0.25, -0.2) is 0 Å². The van der Waals surface area contributed by atoms with Crippen molar-refractivity contribution in [1.82, 2.24) is 0 Å². The lowest BCUT2D eigenvalue weighted by Crippen LogP contribution is -3.00. The van der Waals surface area contributed by atoms with Crippen LogP contribution in [-0.2, 0) is 0 Å². The van der Waals surface area contributed by atoms with Crippen LogP contribution < -0.4 is 12.4 Å². The fourth-order valence-electron chi connectivity index (χ4n) is 1.16. The van der Waals surface area contributed by atoms with Gasteiger partial charge in [0, 0.05) is 6.42 Å². The molecule has 13 heavy (non-hydrogen) atoms. The van der Waals surface area contributed by atoms with Crippen molar-refractivity contribution >= 4 is 0 Å². The van der Waals surface area contributed by atoms with Gasteiger partial charge >= 0.3 is 0 Å². The van der Waals surface area contributed by atoms with Crippen molar-refractivity contribution in [1.29, 1.82) is 0 Å². The van der Waals surface area contributed by atoms with E-state index in [1.165, 1.54) is 0 Å². The predicted octanol–water partition coefficient (Wildman–Crippen LogP) is -1.46. The van der Waals surface area contributed by atoms with Crippen LogP contribution in [0.4, 0.5) is 0 Å². The molecule has 0 heterocycles. The number of hydrogen-bond donors (Lipinski definition) is 1. The van der Waals surface area contributed by atoms with E-state index in [2.05, 4.69) is 20.1 Å². The van der Waals surface area contributed by atoms with E-state index in [9.17, 15) is 5.11 Å². The van der Waals surface area contributed by atoms with Crippen LogP contribution >= 0.6 is 0 Å². The Morgan fingerprint density at radius 3 is 2.23 bits per heavy atom. The maximum Gasteiger partial charge on any atom is 0.194 e. The fraction of sp³-hybridized carbons (Fsp3) is 0.600. The number of likely N-dealkylation sites (N-methyl/N-ethyl adjacent to an activating group) is 1. The lowest BCUT2D eigenvalue weighted by atomic mass is 10.2. The molecule has 78 valence electrons. The molecular weight excluding hydrogens is 186 g/mol. The maximum absolute atomic E-state index is 9.75. The fourth-order valence-corrected chi connectivity index (χ4v) is 1.16. The largest absolute Gasteiger partial charge is 1.00 e. The maximum atomic E-state index is 9.75. The summed E-state index contributed by atoms with van der Waals surface area (Å²) in [7, 11) is 2.02. The number of hydrogen-bond acceptors (Lipinski definition) is 1. The zero-order valence-corrected chi connectivity index (χ0v) is 9.30. The van der Waals surface area contributed by atoms with Crippen molar-refractivity contribution in [3.8, 4) is 0 Å². The highest BCUT2D eigenvalue weighted by Crippen LogP contribution is 2.11. The minimum atomic E-state index is -0.356. The highest BCUT2D eigenvalue weighted by molar-refractivity contribution is 4.71. The summed E-state index contributed by atoms with van der Waals surface area (Å²) in [5.74, 6) is 0. The normalized spacial score (nSPS) is 16.5. The second kappa shape index (κ2) is 7.13. The van der Waals surface area contributed by atoms with E-state index in [0.717, 1.165) is 13.1 Å². The van der Waals surface area contributed by atoms with E-state index >= 15 is 0 Å². The summed E-state index contributed by atoms with van der Waals surface area (Å²) in [6.07, 6.45) is 3.87. The molecule has 0 aromatic rings. The molecule has 0 aromatic carbocycles. The molecule has 3 heteroatoms. The first-order chi connectivity index (χ1) is 5.60. The monoisotopic (exact) mass is 205 g/mol. The average molecular weight is 206 g/mol. The van der Waals surface area contributed by atoms with E-state index in [1.807, 2.05) is 13.1 Å². The van der Waals surface area contributed by atoms with Crippen LogP contribution in [0.25, 0.3) is 0 Å². The van der Waals surface area contributed by atoms with Crippen LogP contribution in [0.1, 0.15) is 13.3 Å². The summed E-state index contributed by atoms with van der Waals surface area (Å²) in [6, 6.07) is 0. The van der Waals surface area contributed by atoms with Gasteiger partial charge in [-0.05, 0) is 13.0 Å². The molecule has 2 unspecified atom stereocenters. The van der Waals surface area contributed by atoms with Crippen LogP contribution in [0.2, 0.25) is 0 Å². The Balaban J connectivity index is 0. The summed E-state index contributed by atoms with van der Waals surface area (Å²) in [5.41, 5.74) is 0. The van der Waals surface area contributed by atoms with Gasteiger partial charge in [0.2, 0.25) is 0 Å². The smallest absolute Gasteiger partial charge is 0.194 e. The molecule has 0 bridgehead atoms. The van der Waals surface area contributed by atoms with Crippen molar-refractivity contribution in [2.75, 3.05) is 20.1 Å². The van der Waals surface area contributed by atoms with Crippen LogP contribution in [0.3, 0.4) is 0 Å². The van der Waals surface area contributed by atoms with Crippen LogP contribution in [0.15, 0.2) is 25.3 Å². The molecule has 2 nitrogen and oxygen atoms in total. The Labute approximate surface area is 87.6 Å². The first-order valence-corrected chi connectivity index (χ1v) is 4.34. The predicted molar refractivity (Wildman–Crippen MR) is 52.6 cm³/mol. The quantitative estimate of drug-likeness (QED) is 0.319. The summed E-state index contributed by atoms with van der Waals surface area (Å²) >= 11 is 0. The van der Waals surface area contributed by atoms with Crippen LogP contribution in [0.5, 0.6) is 0 Å². The number of rotatable bonds is 6. The number of aliphatic hydroxyl groups excluding tert-OH is 1. The molecule has 0 aliphatic heterocycles. The third-order valence-corrected chi connectivity index (χ3v) is 2.37. The molecule has 1 N–H and O–H groups in total. The molecule has 0 aliphatic rings. The summed E-state index contributed by atoms with van der Waals surface area (Å²) < 4.78 is 0.621. The van der Waals surface area contributed by atoms with Crippen LogP contribution in [0, 0.1) is 0 Å². The van der Waals surface area contributed by atoms with Crippen molar-refractivity contribution in [2.45, 2.75) is 19.6 Å². The van der Waals surface area contributed by atoms with E-state index in [-0.39, 0.29) is 18.6 Å². The molecule has 0 fully saturated rings. The van der Waals surface area contributed by atoms with Gasteiger partial charge in [-0.15, -0.1) is 6.58 Å². The number of nitrogens with zero attached hydrogens (tertiary/aromatic N) is 1. The second-order valence-corrected chi connectivity index (χ2v) is 3.27. The van der Waals surface area contributed by atoms with Crippen LogP contribution in [-0.4, -0.2) is 36.0 Å². The number of aliphatic hydroxyl groups is 1. The standard InChI is InChI=1S/C10H20NO.ClH/c1-5-8-10(12)11(4,7-3)9-6-2;/h5-6,10,12H,1-2,7-9H2,3-4H3;1H/q+1;/p-1. The van der Waals surface area contributed by atoms with Crippen molar-refractivity contribution in [2.24, 2.45) is 0 Å². The summed E-state index contributed by atoms with van der Waals surface area (Å²) in [6.45, 7) is 11.1. The first kappa shape index (κ1) is 15.2. The molecule has 0 radical (unpaired) electrons. The number of quaternary nitrogens is 1. The third-order valence-electron chi connectivity index (χ3n) is 2.37. The van der Waals surface area contributed by atoms with Crippen molar-refractivity contribution in [3.05, 3.63) is 25.3 Å². The Bertz CT molecular complexity index is 161. The topological polar surface area (TPSA) is 20.2 Å². The first-order valence-electron chi connectivity index (χ1n) is 4.34. The highest BCUT2D eigenvalue weighted by atomic mass is 35.5. The molecule has 0 spiro atoms. The Hall–Kier alpha value is -0.310. The van der Waals surface area contributed by atoms with Gasteiger partial charge in [0.1, 0.15) is 0 Å². The molecule has 2 atom stereocenters. The second-order valence-electron chi connectivity index (χ2n) is 3.27. The Kier molecular flexibility index (Phi) is 8.32. The number of halogens is 1. The molecule has 0 saturated carbocycles. The summed E-state index contributed by atoms with van der Waals surface area (Å²) in [5, 5.41) is 9.75. The molecule has 0 saturated heterocycles. The van der Waals surface area contributed by atoms with Gasteiger partial charge in [-0.1, -0.05) is 12.7 Å². The molecular formula is C10H20ClNO. The molecule has 0 aromatic heterocycles.